The second kappa shape index (κ2) is 6.45. The molecular formula is C12H17ClFN3O3S. The van der Waals surface area contributed by atoms with Crippen molar-refractivity contribution in [3.05, 3.63) is 23.0 Å². The molecule has 0 aromatic heterocycles. The van der Waals surface area contributed by atoms with Gasteiger partial charge in [0.15, 0.2) is 0 Å². The number of nitrogens with zero attached hydrogens (tertiary/aromatic N) is 2. The van der Waals surface area contributed by atoms with Crippen LogP contribution in [-0.2, 0) is 10.0 Å². The average Bonchev–Trinajstić information content (AvgIpc) is 2.43. The molecule has 0 saturated carbocycles. The maximum Gasteiger partial charge on any atom is 0.244 e. The normalized spacial score (nSPS) is 18.0. The Morgan fingerprint density at radius 3 is 2.48 bits per heavy atom. The Kier molecular flexibility index (Phi) is 5.05. The standard InChI is InChI=1S/C12H17ClFN3O3S/c13-9-7-10(14)11(15)8-12(9)21(19,20)17-3-1-16(2-4-17)5-6-18/h7-8,18H,1-6,15H2. The van der Waals surface area contributed by atoms with E-state index in [0.29, 0.717) is 19.6 Å². The largest absolute Gasteiger partial charge is 0.396 e. The van der Waals surface area contributed by atoms with Gasteiger partial charge in [-0.25, -0.2) is 12.8 Å². The van der Waals surface area contributed by atoms with Crippen LogP contribution in [0.5, 0.6) is 0 Å². The molecule has 1 saturated heterocycles. The van der Waals surface area contributed by atoms with Gasteiger partial charge in [0.2, 0.25) is 10.0 Å². The zero-order chi connectivity index (χ0) is 15.6. The van der Waals surface area contributed by atoms with Gasteiger partial charge in [-0.1, -0.05) is 11.6 Å². The SMILES string of the molecule is Nc1cc(S(=O)(=O)N2CCN(CCO)CC2)c(Cl)cc1F. The summed E-state index contributed by atoms with van der Waals surface area (Å²) in [6, 6.07) is 1.96. The molecule has 1 fully saturated rings. The first-order valence-corrected chi connectivity index (χ1v) is 8.26. The zero-order valence-corrected chi connectivity index (χ0v) is 12.9. The van der Waals surface area contributed by atoms with Crippen LogP contribution in [0.3, 0.4) is 0 Å². The summed E-state index contributed by atoms with van der Waals surface area (Å²) in [7, 11) is -3.80. The maximum absolute atomic E-state index is 13.3. The Labute approximate surface area is 127 Å². The van der Waals surface area contributed by atoms with E-state index in [1.54, 1.807) is 0 Å². The summed E-state index contributed by atoms with van der Waals surface area (Å²) < 4.78 is 39.6. The highest BCUT2D eigenvalue weighted by molar-refractivity contribution is 7.89. The lowest BCUT2D eigenvalue weighted by Gasteiger charge is -2.33. The van der Waals surface area contributed by atoms with Gasteiger partial charge in [-0.2, -0.15) is 4.31 Å². The summed E-state index contributed by atoms with van der Waals surface area (Å²) in [6.45, 7) is 2.17. The van der Waals surface area contributed by atoms with Crippen molar-refractivity contribution in [2.24, 2.45) is 0 Å². The molecule has 0 aliphatic carbocycles. The van der Waals surface area contributed by atoms with Gasteiger partial charge in [0.1, 0.15) is 10.7 Å². The van der Waals surface area contributed by atoms with Gasteiger partial charge in [-0.15, -0.1) is 0 Å². The molecule has 1 aromatic carbocycles. The van der Waals surface area contributed by atoms with Crippen molar-refractivity contribution in [3.63, 3.8) is 0 Å². The van der Waals surface area contributed by atoms with Crippen LogP contribution in [0.4, 0.5) is 10.1 Å². The fourth-order valence-corrected chi connectivity index (χ4v) is 4.16. The van der Waals surface area contributed by atoms with Gasteiger partial charge in [0.25, 0.3) is 0 Å². The zero-order valence-electron chi connectivity index (χ0n) is 11.3. The van der Waals surface area contributed by atoms with Gasteiger partial charge in [0, 0.05) is 32.7 Å². The minimum atomic E-state index is -3.80. The molecule has 0 radical (unpaired) electrons. The number of hydrogen-bond donors (Lipinski definition) is 2. The van der Waals surface area contributed by atoms with Crippen LogP contribution in [-0.4, -0.2) is 62.1 Å². The fourth-order valence-electron chi connectivity index (χ4n) is 2.22. The van der Waals surface area contributed by atoms with Crippen LogP contribution in [0.2, 0.25) is 5.02 Å². The molecule has 0 bridgehead atoms. The third-order valence-corrected chi connectivity index (χ3v) is 5.78. The summed E-state index contributed by atoms with van der Waals surface area (Å²) in [5.41, 5.74) is 5.17. The number of aliphatic hydroxyl groups is 1. The summed E-state index contributed by atoms with van der Waals surface area (Å²) >= 11 is 5.84. The van der Waals surface area contributed by atoms with E-state index in [4.69, 9.17) is 22.4 Å². The number of rotatable bonds is 4. The van der Waals surface area contributed by atoms with Gasteiger partial charge in [0.05, 0.1) is 17.3 Å². The average molecular weight is 338 g/mol. The molecule has 0 spiro atoms. The number of sulfonamides is 1. The van der Waals surface area contributed by atoms with Gasteiger partial charge in [-0.05, 0) is 12.1 Å². The van der Waals surface area contributed by atoms with Crippen molar-refractivity contribution in [2.75, 3.05) is 45.1 Å². The van der Waals surface area contributed by atoms with Crippen LogP contribution in [0.1, 0.15) is 0 Å². The van der Waals surface area contributed by atoms with E-state index in [-0.39, 0.29) is 35.3 Å². The minimum absolute atomic E-state index is 0.0348. The lowest BCUT2D eigenvalue weighted by atomic mass is 10.3. The fraction of sp³-hybridized carbons (Fsp3) is 0.500. The van der Waals surface area contributed by atoms with E-state index >= 15 is 0 Å². The molecule has 1 aliphatic rings. The molecule has 1 aliphatic heterocycles. The number of nitrogens with two attached hydrogens (primary N) is 1. The van der Waals surface area contributed by atoms with Crippen LogP contribution in [0.15, 0.2) is 17.0 Å². The molecule has 0 amide bonds. The molecule has 0 unspecified atom stereocenters. The lowest BCUT2D eigenvalue weighted by Crippen LogP contribution is -2.49. The quantitative estimate of drug-likeness (QED) is 0.775. The summed E-state index contributed by atoms with van der Waals surface area (Å²) in [5, 5.41) is 8.69. The monoisotopic (exact) mass is 337 g/mol. The van der Waals surface area contributed by atoms with Crippen LogP contribution in [0, 0.1) is 5.82 Å². The first kappa shape index (κ1) is 16.4. The number of piperazine rings is 1. The second-order valence-corrected chi connectivity index (χ2v) is 7.09. The summed E-state index contributed by atoms with van der Waals surface area (Å²) in [6.07, 6.45) is 0. The number of aliphatic hydroxyl groups excluding tert-OH is 1. The van der Waals surface area contributed by atoms with Crippen LogP contribution >= 0.6 is 11.6 Å². The van der Waals surface area contributed by atoms with Crippen LogP contribution in [0.25, 0.3) is 0 Å². The van der Waals surface area contributed by atoms with Crippen molar-refractivity contribution < 1.29 is 17.9 Å². The molecule has 118 valence electrons. The van der Waals surface area contributed by atoms with E-state index in [1.807, 2.05) is 4.90 Å². The first-order chi connectivity index (χ1) is 9.86. The minimum Gasteiger partial charge on any atom is -0.396 e. The van der Waals surface area contributed by atoms with Crippen molar-refractivity contribution >= 4 is 27.3 Å². The number of hydrogen-bond acceptors (Lipinski definition) is 5. The van der Waals surface area contributed by atoms with Crippen molar-refractivity contribution in [3.8, 4) is 0 Å². The molecule has 1 heterocycles. The number of halogens is 2. The summed E-state index contributed by atoms with van der Waals surface area (Å²) in [5.74, 6) is -0.744. The smallest absolute Gasteiger partial charge is 0.244 e. The van der Waals surface area contributed by atoms with E-state index in [0.717, 1.165) is 12.1 Å². The Morgan fingerprint density at radius 1 is 1.29 bits per heavy atom. The molecule has 2 rings (SSSR count). The first-order valence-electron chi connectivity index (χ1n) is 6.44. The third-order valence-electron chi connectivity index (χ3n) is 3.42. The van der Waals surface area contributed by atoms with Crippen LogP contribution < -0.4 is 5.73 Å². The molecule has 21 heavy (non-hydrogen) atoms. The highest BCUT2D eigenvalue weighted by Gasteiger charge is 2.30. The highest BCUT2D eigenvalue weighted by atomic mass is 35.5. The Balaban J connectivity index is 2.22. The van der Waals surface area contributed by atoms with Crippen molar-refractivity contribution in [1.82, 2.24) is 9.21 Å². The lowest BCUT2D eigenvalue weighted by molar-refractivity contribution is 0.151. The van der Waals surface area contributed by atoms with Crippen molar-refractivity contribution in [2.45, 2.75) is 4.90 Å². The molecule has 3 N–H and O–H groups in total. The predicted octanol–water partition coefficient (Wildman–Crippen LogP) is 0.360. The topological polar surface area (TPSA) is 86.9 Å². The molecule has 9 heteroatoms. The summed E-state index contributed by atoms with van der Waals surface area (Å²) in [4.78, 5) is 1.78. The highest BCUT2D eigenvalue weighted by Crippen LogP contribution is 2.29. The van der Waals surface area contributed by atoms with E-state index in [9.17, 15) is 12.8 Å². The predicted molar refractivity (Wildman–Crippen MR) is 78.1 cm³/mol. The van der Waals surface area contributed by atoms with Crippen molar-refractivity contribution in [1.29, 1.82) is 0 Å². The molecular weight excluding hydrogens is 321 g/mol. The van der Waals surface area contributed by atoms with E-state index in [1.165, 1.54) is 4.31 Å². The van der Waals surface area contributed by atoms with E-state index in [2.05, 4.69) is 0 Å². The number of benzene rings is 1. The van der Waals surface area contributed by atoms with Gasteiger partial charge >= 0.3 is 0 Å². The Morgan fingerprint density at radius 2 is 1.90 bits per heavy atom. The Bertz CT molecular complexity index is 618. The Hall–Kier alpha value is -0.930. The molecule has 1 aromatic rings. The number of anilines is 1. The second-order valence-electron chi connectivity index (χ2n) is 4.77. The van der Waals surface area contributed by atoms with E-state index < -0.39 is 15.8 Å². The molecule has 6 nitrogen and oxygen atoms in total. The van der Waals surface area contributed by atoms with Gasteiger partial charge in [-0.3, -0.25) is 4.90 Å². The molecule has 0 atom stereocenters. The number of β-amino-alcohol motifs (C(OH)–C–C–N with tert-alkyl or cyclic N) is 1. The van der Waals surface area contributed by atoms with Gasteiger partial charge < -0.3 is 10.8 Å². The maximum atomic E-state index is 13.3. The third kappa shape index (κ3) is 3.46. The number of nitrogen functional groups attached to an aromatic ring is 1.